The standard InChI is InChI=1S/C43H40N6O7/c1-43(2,27-7-12-31(13-8-27)55-26-30-19-20-44-42(46-30)48-21-23-54-24-22-48)28-9-14-32(15-10-28)56-37-6-4-3-5-35(37)45-29-11-16-33-34(25-29)41(53)49(40(33)52)36-17-18-38(50)47-39(36)51/h3-16,19-20,25,36,45H,17-18,21-24,26H2,1-2H3,(H,47,50,51). The first-order valence-corrected chi connectivity index (χ1v) is 18.5. The second-order valence-corrected chi connectivity index (χ2v) is 14.3. The molecule has 3 aliphatic rings. The molecule has 5 aromatic rings. The van der Waals surface area contributed by atoms with Gasteiger partial charge in [0.25, 0.3) is 11.8 Å². The Hall–Kier alpha value is -6.60. The van der Waals surface area contributed by atoms with Crippen molar-refractivity contribution in [1.82, 2.24) is 20.2 Å². The first-order valence-electron chi connectivity index (χ1n) is 18.5. The number of amides is 4. The molecule has 4 amide bonds. The molecular weight excluding hydrogens is 713 g/mol. The molecule has 8 rings (SSSR count). The third-order valence-electron chi connectivity index (χ3n) is 10.4. The normalized spacial score (nSPS) is 17.1. The Morgan fingerprint density at radius 3 is 2.27 bits per heavy atom. The molecule has 2 saturated heterocycles. The Labute approximate surface area is 323 Å². The molecule has 13 heteroatoms. The molecule has 0 spiro atoms. The number of piperidine rings is 1. The van der Waals surface area contributed by atoms with Gasteiger partial charge in [-0.25, -0.2) is 9.97 Å². The SMILES string of the molecule is CC(C)(c1ccc(OCc2ccnc(N3CCOCC3)n2)cc1)c1ccc(Oc2ccccc2Nc2ccc3c(c2)C(=O)N(C2CCC(=O)NC2=O)C3=O)cc1. The molecule has 0 aliphatic carbocycles. The Morgan fingerprint density at radius 2 is 1.54 bits per heavy atom. The van der Waals surface area contributed by atoms with E-state index in [9.17, 15) is 19.2 Å². The van der Waals surface area contributed by atoms with E-state index in [1.54, 1.807) is 24.4 Å². The minimum Gasteiger partial charge on any atom is -0.487 e. The molecule has 284 valence electrons. The zero-order chi connectivity index (χ0) is 38.8. The molecule has 2 N–H and O–H groups in total. The summed E-state index contributed by atoms with van der Waals surface area (Å²) < 4.78 is 17.8. The minimum absolute atomic E-state index is 0.0575. The number of hydrogen-bond donors (Lipinski definition) is 2. The van der Waals surface area contributed by atoms with Crippen LogP contribution in [0.4, 0.5) is 17.3 Å². The predicted octanol–water partition coefficient (Wildman–Crippen LogP) is 6.16. The first kappa shape index (κ1) is 36.4. The largest absolute Gasteiger partial charge is 0.487 e. The number of carbonyl (C=O) groups is 4. The van der Waals surface area contributed by atoms with Gasteiger partial charge in [-0.2, -0.15) is 0 Å². The highest BCUT2D eigenvalue weighted by Crippen LogP contribution is 2.37. The van der Waals surface area contributed by atoms with Crippen molar-refractivity contribution in [3.8, 4) is 17.2 Å². The van der Waals surface area contributed by atoms with Crippen molar-refractivity contribution in [2.24, 2.45) is 0 Å². The number of aromatic nitrogens is 2. The number of fused-ring (bicyclic) bond motifs is 1. The quantitative estimate of drug-likeness (QED) is 0.149. The maximum atomic E-state index is 13.4. The van der Waals surface area contributed by atoms with E-state index in [4.69, 9.17) is 14.2 Å². The van der Waals surface area contributed by atoms with Crippen LogP contribution in [0.2, 0.25) is 0 Å². The van der Waals surface area contributed by atoms with Crippen LogP contribution in [0.15, 0.2) is 103 Å². The van der Waals surface area contributed by atoms with Crippen molar-refractivity contribution in [3.63, 3.8) is 0 Å². The van der Waals surface area contributed by atoms with Crippen LogP contribution in [-0.2, 0) is 26.3 Å². The lowest BCUT2D eigenvalue weighted by molar-refractivity contribution is -0.136. The molecule has 0 bridgehead atoms. The van der Waals surface area contributed by atoms with Gasteiger partial charge in [-0.1, -0.05) is 50.2 Å². The molecule has 1 aromatic heterocycles. The zero-order valence-electron chi connectivity index (χ0n) is 31.0. The molecule has 3 aliphatic heterocycles. The van der Waals surface area contributed by atoms with Crippen molar-refractivity contribution in [2.45, 2.75) is 44.8 Å². The van der Waals surface area contributed by atoms with Crippen LogP contribution in [0.5, 0.6) is 17.2 Å². The van der Waals surface area contributed by atoms with Crippen LogP contribution in [0.3, 0.4) is 0 Å². The van der Waals surface area contributed by atoms with E-state index < -0.39 is 29.7 Å². The fourth-order valence-electron chi connectivity index (χ4n) is 7.10. The number of anilines is 3. The van der Waals surface area contributed by atoms with E-state index in [1.165, 1.54) is 0 Å². The predicted molar refractivity (Wildman–Crippen MR) is 207 cm³/mol. The Bertz CT molecular complexity index is 2310. The molecule has 1 atom stereocenters. The molecule has 0 saturated carbocycles. The number of ether oxygens (including phenoxy) is 3. The Balaban J connectivity index is 0.904. The highest BCUT2D eigenvalue weighted by atomic mass is 16.5. The molecular formula is C43H40N6O7. The topological polar surface area (TPSA) is 152 Å². The number of hydrogen-bond acceptors (Lipinski definition) is 11. The summed E-state index contributed by atoms with van der Waals surface area (Å²) >= 11 is 0. The van der Waals surface area contributed by atoms with Crippen molar-refractivity contribution in [3.05, 3.63) is 131 Å². The minimum atomic E-state index is -1.03. The van der Waals surface area contributed by atoms with Crippen molar-refractivity contribution < 1.29 is 33.4 Å². The second kappa shape index (κ2) is 15.3. The van der Waals surface area contributed by atoms with E-state index in [1.807, 2.05) is 66.7 Å². The summed E-state index contributed by atoms with van der Waals surface area (Å²) in [6, 6.07) is 29.2. The smallest absolute Gasteiger partial charge is 0.262 e. The van der Waals surface area contributed by atoms with E-state index in [2.05, 4.69) is 51.5 Å². The van der Waals surface area contributed by atoms with Gasteiger partial charge in [-0.05, 0) is 78.2 Å². The van der Waals surface area contributed by atoms with Gasteiger partial charge in [-0.3, -0.25) is 29.4 Å². The maximum absolute atomic E-state index is 13.4. The van der Waals surface area contributed by atoms with Gasteiger partial charge in [0.1, 0.15) is 24.1 Å². The summed E-state index contributed by atoms with van der Waals surface area (Å²) in [5.41, 5.74) is 4.33. The third kappa shape index (κ3) is 7.40. The van der Waals surface area contributed by atoms with Gasteiger partial charge in [0.15, 0.2) is 5.75 Å². The summed E-state index contributed by atoms with van der Waals surface area (Å²) in [4.78, 5) is 62.8. The molecule has 2 fully saturated rings. The van der Waals surface area contributed by atoms with Crippen LogP contribution in [0.1, 0.15) is 64.2 Å². The number of rotatable bonds is 11. The summed E-state index contributed by atoms with van der Waals surface area (Å²) in [5, 5.41) is 5.53. The van der Waals surface area contributed by atoms with E-state index >= 15 is 0 Å². The number of nitrogens with one attached hydrogen (secondary N) is 2. The van der Waals surface area contributed by atoms with Crippen LogP contribution in [-0.4, -0.2) is 70.8 Å². The second-order valence-electron chi connectivity index (χ2n) is 14.3. The molecule has 4 heterocycles. The number of morpholine rings is 1. The summed E-state index contributed by atoms with van der Waals surface area (Å²) in [7, 11) is 0. The monoisotopic (exact) mass is 752 g/mol. The van der Waals surface area contributed by atoms with Crippen LogP contribution in [0.25, 0.3) is 0 Å². The molecule has 4 aromatic carbocycles. The Kier molecular flexibility index (Phi) is 9.92. The lowest BCUT2D eigenvalue weighted by Gasteiger charge is -2.27. The summed E-state index contributed by atoms with van der Waals surface area (Å²) in [6.45, 7) is 7.56. The van der Waals surface area contributed by atoms with Gasteiger partial charge in [0.05, 0.1) is 35.7 Å². The van der Waals surface area contributed by atoms with Crippen LogP contribution < -0.4 is 25.0 Å². The van der Waals surface area contributed by atoms with Gasteiger partial charge < -0.3 is 24.4 Å². The summed E-state index contributed by atoms with van der Waals surface area (Å²) in [6.07, 6.45) is 1.92. The van der Waals surface area contributed by atoms with Crippen LogP contribution in [0, 0.1) is 0 Å². The molecule has 13 nitrogen and oxygen atoms in total. The van der Waals surface area contributed by atoms with Gasteiger partial charge in [0.2, 0.25) is 17.8 Å². The highest BCUT2D eigenvalue weighted by Gasteiger charge is 2.44. The number of nitrogens with zero attached hydrogens (tertiary/aromatic N) is 4. The average molecular weight is 753 g/mol. The molecule has 1 unspecified atom stereocenters. The van der Waals surface area contributed by atoms with Crippen molar-refractivity contribution >= 4 is 41.0 Å². The number of imide groups is 2. The average Bonchev–Trinajstić information content (AvgIpc) is 3.46. The van der Waals surface area contributed by atoms with E-state index in [0.717, 1.165) is 40.6 Å². The fraction of sp³-hybridized carbons (Fsp3) is 0.256. The lowest BCUT2D eigenvalue weighted by Crippen LogP contribution is -2.54. The maximum Gasteiger partial charge on any atom is 0.262 e. The molecule has 56 heavy (non-hydrogen) atoms. The van der Waals surface area contributed by atoms with Gasteiger partial charge in [0, 0.05) is 36.8 Å². The summed E-state index contributed by atoms with van der Waals surface area (Å²) in [5.74, 6) is 0.448. The fourth-order valence-corrected chi connectivity index (χ4v) is 7.10. The van der Waals surface area contributed by atoms with E-state index in [-0.39, 0.29) is 29.4 Å². The van der Waals surface area contributed by atoms with Crippen LogP contribution >= 0.6 is 0 Å². The van der Waals surface area contributed by atoms with Gasteiger partial charge in [-0.15, -0.1) is 0 Å². The Morgan fingerprint density at radius 1 is 0.839 bits per heavy atom. The lowest BCUT2D eigenvalue weighted by atomic mass is 9.78. The highest BCUT2D eigenvalue weighted by molar-refractivity contribution is 6.23. The van der Waals surface area contributed by atoms with E-state index in [0.29, 0.717) is 48.6 Å². The van der Waals surface area contributed by atoms with Crippen molar-refractivity contribution in [1.29, 1.82) is 0 Å². The zero-order valence-corrected chi connectivity index (χ0v) is 31.0. The number of carbonyl (C=O) groups excluding carboxylic acids is 4. The molecule has 0 radical (unpaired) electrons. The van der Waals surface area contributed by atoms with Crippen molar-refractivity contribution in [2.75, 3.05) is 36.5 Å². The third-order valence-corrected chi connectivity index (χ3v) is 10.4. The number of para-hydroxylation sites is 2. The first-order chi connectivity index (χ1) is 27.1. The number of benzene rings is 4. The van der Waals surface area contributed by atoms with Gasteiger partial charge >= 0.3 is 0 Å².